The quantitative estimate of drug-likeness (QED) is 0.766. The maximum atomic E-state index is 13.6. The van der Waals surface area contributed by atoms with Gasteiger partial charge in [-0.15, -0.1) is 0 Å². The summed E-state index contributed by atoms with van der Waals surface area (Å²) in [4.78, 5) is 13.1. The van der Waals surface area contributed by atoms with Gasteiger partial charge in [-0.1, -0.05) is 12.1 Å². The lowest BCUT2D eigenvalue weighted by molar-refractivity contribution is 0.0768. The van der Waals surface area contributed by atoms with Crippen LogP contribution >= 0.6 is 0 Å². The van der Waals surface area contributed by atoms with Crippen LogP contribution < -0.4 is 0 Å². The van der Waals surface area contributed by atoms with Crippen molar-refractivity contribution in [2.75, 3.05) is 7.05 Å². The minimum Gasteiger partial charge on any atom is -0.326 e. The number of nitrogens with zero attached hydrogens (tertiary/aromatic N) is 2. The van der Waals surface area contributed by atoms with Crippen LogP contribution in [0.3, 0.4) is 0 Å². The van der Waals surface area contributed by atoms with E-state index in [1.807, 2.05) is 6.07 Å². The van der Waals surface area contributed by atoms with Crippen LogP contribution in [0.15, 0.2) is 18.2 Å². The molecule has 1 aromatic carbocycles. The lowest BCUT2D eigenvalue weighted by Gasteiger charge is -2.19. The van der Waals surface area contributed by atoms with Gasteiger partial charge in [0.1, 0.15) is 11.9 Å². The smallest absolute Gasteiger partial charge is 0.257 e. The zero-order valence-electron chi connectivity index (χ0n) is 9.49. The highest BCUT2D eigenvalue weighted by Crippen LogP contribution is 2.14. The Morgan fingerprint density at radius 1 is 1.56 bits per heavy atom. The Bertz CT molecular complexity index is 451. The molecule has 0 heterocycles. The van der Waals surface area contributed by atoms with Crippen molar-refractivity contribution in [3.05, 3.63) is 35.1 Å². The van der Waals surface area contributed by atoms with E-state index in [1.165, 1.54) is 18.0 Å². The minimum atomic E-state index is -0.576. The van der Waals surface area contributed by atoms with E-state index in [9.17, 15) is 9.18 Å². The summed E-state index contributed by atoms with van der Waals surface area (Å²) < 4.78 is 13.6. The van der Waals surface area contributed by atoms with Gasteiger partial charge in [-0.3, -0.25) is 4.79 Å². The fourth-order valence-electron chi connectivity index (χ4n) is 1.27. The van der Waals surface area contributed by atoms with Crippen LogP contribution in [0.5, 0.6) is 0 Å². The molecule has 16 heavy (non-hydrogen) atoms. The molecule has 84 valence electrons. The summed E-state index contributed by atoms with van der Waals surface area (Å²) >= 11 is 0. The number of rotatable bonds is 2. The number of carbonyl (C=O) groups excluding carboxylic acids is 1. The Morgan fingerprint density at radius 3 is 2.75 bits per heavy atom. The van der Waals surface area contributed by atoms with Crippen molar-refractivity contribution in [1.82, 2.24) is 4.90 Å². The molecule has 0 N–H and O–H groups in total. The van der Waals surface area contributed by atoms with Gasteiger partial charge in [-0.2, -0.15) is 5.26 Å². The highest BCUT2D eigenvalue weighted by Gasteiger charge is 2.20. The van der Waals surface area contributed by atoms with E-state index in [2.05, 4.69) is 0 Å². The lowest BCUT2D eigenvalue weighted by Crippen LogP contribution is -2.34. The molecule has 0 saturated carbocycles. The van der Waals surface area contributed by atoms with Crippen LogP contribution in [0.1, 0.15) is 22.8 Å². The number of benzene rings is 1. The van der Waals surface area contributed by atoms with Crippen LogP contribution in [0.4, 0.5) is 4.39 Å². The molecule has 0 aliphatic carbocycles. The van der Waals surface area contributed by atoms with E-state index >= 15 is 0 Å². The highest BCUT2D eigenvalue weighted by molar-refractivity contribution is 5.94. The molecule has 1 rings (SSSR count). The van der Waals surface area contributed by atoms with Gasteiger partial charge in [-0.05, 0) is 25.5 Å². The van der Waals surface area contributed by atoms with Crippen molar-refractivity contribution < 1.29 is 9.18 Å². The maximum absolute atomic E-state index is 13.6. The van der Waals surface area contributed by atoms with Crippen molar-refractivity contribution in [2.24, 2.45) is 0 Å². The van der Waals surface area contributed by atoms with Crippen molar-refractivity contribution >= 4 is 5.91 Å². The monoisotopic (exact) mass is 220 g/mol. The predicted octanol–water partition coefficient (Wildman–Crippen LogP) is 2.12. The van der Waals surface area contributed by atoms with Crippen molar-refractivity contribution in [2.45, 2.75) is 19.9 Å². The molecule has 0 saturated heterocycles. The first-order chi connectivity index (χ1) is 7.49. The van der Waals surface area contributed by atoms with E-state index < -0.39 is 17.8 Å². The molecule has 0 aromatic heterocycles. The lowest BCUT2D eigenvalue weighted by atomic mass is 10.1. The third-order valence-corrected chi connectivity index (χ3v) is 2.51. The molecular weight excluding hydrogens is 207 g/mol. The third kappa shape index (κ3) is 2.19. The Morgan fingerprint density at radius 2 is 2.19 bits per heavy atom. The Balaban J connectivity index is 3.07. The topological polar surface area (TPSA) is 44.1 Å². The normalized spacial score (nSPS) is 11.7. The standard InChI is InChI=1S/C12H13FN2O/c1-8-5-4-6-10(11(8)13)12(16)15(3)9(2)7-14/h4-6,9H,1-3H3. The van der Waals surface area contributed by atoms with E-state index in [0.29, 0.717) is 5.56 Å². The molecule has 0 spiro atoms. The van der Waals surface area contributed by atoms with Crippen LogP contribution in [-0.2, 0) is 0 Å². The number of carbonyl (C=O) groups is 1. The van der Waals surface area contributed by atoms with Gasteiger partial charge in [0.15, 0.2) is 0 Å². The number of nitriles is 1. The zero-order chi connectivity index (χ0) is 12.3. The number of amides is 1. The maximum Gasteiger partial charge on any atom is 0.257 e. The molecule has 0 aliphatic heterocycles. The van der Waals surface area contributed by atoms with E-state index in [0.717, 1.165) is 0 Å². The van der Waals surface area contributed by atoms with Gasteiger partial charge in [0.2, 0.25) is 0 Å². The van der Waals surface area contributed by atoms with Crippen LogP contribution in [-0.4, -0.2) is 23.9 Å². The second kappa shape index (κ2) is 4.75. The van der Waals surface area contributed by atoms with Gasteiger partial charge in [0.05, 0.1) is 11.6 Å². The van der Waals surface area contributed by atoms with Gasteiger partial charge < -0.3 is 4.90 Å². The highest BCUT2D eigenvalue weighted by atomic mass is 19.1. The Labute approximate surface area is 94.1 Å². The molecule has 1 atom stereocenters. The molecule has 0 aliphatic rings. The molecule has 1 unspecified atom stereocenters. The SMILES string of the molecule is Cc1cccc(C(=O)N(C)C(C)C#N)c1F. The summed E-state index contributed by atoms with van der Waals surface area (Å²) in [6.07, 6.45) is 0. The summed E-state index contributed by atoms with van der Waals surface area (Å²) in [7, 11) is 1.48. The molecular formula is C12H13FN2O. The van der Waals surface area contributed by atoms with Gasteiger partial charge in [-0.25, -0.2) is 4.39 Å². The molecule has 1 aromatic rings. The minimum absolute atomic E-state index is 0.00426. The second-order valence-electron chi connectivity index (χ2n) is 3.66. The van der Waals surface area contributed by atoms with Crippen LogP contribution in [0.2, 0.25) is 0 Å². The molecule has 0 fully saturated rings. The predicted molar refractivity (Wildman–Crippen MR) is 58.3 cm³/mol. The molecule has 0 radical (unpaired) electrons. The number of aryl methyl sites for hydroxylation is 1. The second-order valence-corrected chi connectivity index (χ2v) is 3.66. The number of hydrogen-bond donors (Lipinski definition) is 0. The first-order valence-electron chi connectivity index (χ1n) is 4.91. The fourth-order valence-corrected chi connectivity index (χ4v) is 1.27. The first kappa shape index (κ1) is 12.2. The van der Waals surface area contributed by atoms with Crippen molar-refractivity contribution in [3.63, 3.8) is 0 Å². The van der Waals surface area contributed by atoms with Gasteiger partial charge in [0.25, 0.3) is 5.91 Å². The zero-order valence-corrected chi connectivity index (χ0v) is 9.49. The largest absolute Gasteiger partial charge is 0.326 e. The average molecular weight is 220 g/mol. The van der Waals surface area contributed by atoms with E-state index in [-0.39, 0.29) is 5.56 Å². The summed E-state index contributed by atoms with van der Waals surface area (Å²) in [5.74, 6) is -1.00. The third-order valence-electron chi connectivity index (χ3n) is 2.51. The number of halogens is 1. The molecule has 0 bridgehead atoms. The fraction of sp³-hybridized carbons (Fsp3) is 0.333. The van der Waals surface area contributed by atoms with Crippen molar-refractivity contribution in [1.29, 1.82) is 5.26 Å². The van der Waals surface area contributed by atoms with Crippen LogP contribution in [0.25, 0.3) is 0 Å². The average Bonchev–Trinajstić information content (AvgIpc) is 2.29. The Hall–Kier alpha value is -1.89. The summed E-state index contributed by atoms with van der Waals surface area (Å²) in [6, 6.07) is 6.00. The van der Waals surface area contributed by atoms with E-state index in [4.69, 9.17) is 5.26 Å². The summed E-state index contributed by atoms with van der Waals surface area (Å²) in [5, 5.41) is 8.69. The molecule has 1 amide bonds. The molecule has 3 nitrogen and oxygen atoms in total. The summed E-state index contributed by atoms with van der Waals surface area (Å²) in [5.41, 5.74) is 0.425. The van der Waals surface area contributed by atoms with Crippen molar-refractivity contribution in [3.8, 4) is 6.07 Å². The summed E-state index contributed by atoms with van der Waals surface area (Å²) in [6.45, 7) is 3.19. The van der Waals surface area contributed by atoms with Gasteiger partial charge >= 0.3 is 0 Å². The molecule has 4 heteroatoms. The van der Waals surface area contributed by atoms with E-state index in [1.54, 1.807) is 26.0 Å². The van der Waals surface area contributed by atoms with Gasteiger partial charge in [0, 0.05) is 7.05 Å². The number of hydrogen-bond acceptors (Lipinski definition) is 2. The van der Waals surface area contributed by atoms with Crippen LogP contribution in [0, 0.1) is 24.1 Å². The Kier molecular flexibility index (Phi) is 3.62. The first-order valence-corrected chi connectivity index (χ1v) is 4.91.